The van der Waals surface area contributed by atoms with E-state index >= 15 is 0 Å². The minimum absolute atomic E-state index is 0.116. The van der Waals surface area contributed by atoms with E-state index in [2.05, 4.69) is 33.8 Å². The van der Waals surface area contributed by atoms with Crippen molar-refractivity contribution < 1.29 is 24.2 Å². The molecule has 0 bridgehead atoms. The molecule has 5 nitrogen and oxygen atoms in total. The number of carbonyl (C=O) groups is 2. The Labute approximate surface area is 209 Å². The normalized spacial score (nSPS) is 51.2. The van der Waals surface area contributed by atoms with Crippen molar-refractivity contribution in [2.24, 2.45) is 46.3 Å². The van der Waals surface area contributed by atoms with Gasteiger partial charge >= 0.3 is 5.97 Å². The molecule has 4 fully saturated rings. The van der Waals surface area contributed by atoms with E-state index in [0.29, 0.717) is 40.9 Å². The lowest BCUT2D eigenvalue weighted by atomic mass is 9.43. The molecule has 6 aliphatic rings. The monoisotopic (exact) mass is 482 g/mol. The van der Waals surface area contributed by atoms with Gasteiger partial charge in [0, 0.05) is 12.3 Å². The molecule has 11 atom stereocenters. The van der Waals surface area contributed by atoms with Crippen molar-refractivity contribution in [3.05, 3.63) is 23.3 Å². The lowest BCUT2D eigenvalue weighted by Gasteiger charge is -2.58. The molecule has 2 aliphatic heterocycles. The minimum Gasteiger partial charge on any atom is -0.458 e. The summed E-state index contributed by atoms with van der Waals surface area (Å²) >= 11 is 0. The molecule has 192 valence electrons. The van der Waals surface area contributed by atoms with Crippen LogP contribution in [0.5, 0.6) is 0 Å². The lowest BCUT2D eigenvalue weighted by molar-refractivity contribution is -0.154. The van der Waals surface area contributed by atoms with Crippen LogP contribution < -0.4 is 0 Å². The van der Waals surface area contributed by atoms with E-state index in [1.165, 1.54) is 6.42 Å². The Kier molecular flexibility index (Phi) is 5.31. The molecular weight excluding hydrogens is 440 g/mol. The summed E-state index contributed by atoms with van der Waals surface area (Å²) in [5, 5.41) is 9.56. The maximum atomic E-state index is 13.5. The number of epoxide rings is 1. The van der Waals surface area contributed by atoms with Crippen LogP contribution >= 0.6 is 0 Å². The highest BCUT2D eigenvalue weighted by atomic mass is 16.6. The molecule has 5 heteroatoms. The highest BCUT2D eigenvalue weighted by Gasteiger charge is 2.79. The number of ketones is 1. The van der Waals surface area contributed by atoms with Crippen molar-refractivity contribution in [1.82, 2.24) is 0 Å². The maximum absolute atomic E-state index is 13.5. The van der Waals surface area contributed by atoms with Gasteiger partial charge in [-0.05, 0) is 93.5 Å². The number of allylic oxidation sites excluding steroid dienone is 1. The molecule has 4 aliphatic carbocycles. The van der Waals surface area contributed by atoms with E-state index in [1.807, 2.05) is 13.0 Å². The number of aliphatic hydroxyl groups is 1. The van der Waals surface area contributed by atoms with E-state index in [9.17, 15) is 14.7 Å². The maximum Gasteiger partial charge on any atom is 0.336 e. The molecule has 1 N–H and O–H groups in total. The molecule has 0 aromatic carbocycles. The van der Waals surface area contributed by atoms with Gasteiger partial charge in [0.25, 0.3) is 0 Å². The van der Waals surface area contributed by atoms with Crippen LogP contribution in [-0.4, -0.2) is 41.3 Å². The number of cyclic esters (lactones) is 1. The van der Waals surface area contributed by atoms with E-state index in [1.54, 1.807) is 0 Å². The van der Waals surface area contributed by atoms with Gasteiger partial charge in [-0.3, -0.25) is 4.79 Å². The Balaban J connectivity index is 1.27. The van der Waals surface area contributed by atoms with Gasteiger partial charge in [0.1, 0.15) is 11.7 Å². The Morgan fingerprint density at radius 1 is 1.17 bits per heavy atom. The first-order valence-corrected chi connectivity index (χ1v) is 14.0. The highest BCUT2D eigenvalue weighted by molar-refractivity contribution is 5.98. The van der Waals surface area contributed by atoms with Gasteiger partial charge in [-0.1, -0.05) is 32.4 Å². The number of rotatable bonds is 4. The first-order valence-electron chi connectivity index (χ1n) is 14.0. The third kappa shape index (κ3) is 2.89. The summed E-state index contributed by atoms with van der Waals surface area (Å²) in [5.74, 6) is 2.60. The van der Waals surface area contributed by atoms with Crippen LogP contribution in [0.25, 0.3) is 0 Å². The zero-order valence-electron chi connectivity index (χ0n) is 22.0. The summed E-state index contributed by atoms with van der Waals surface area (Å²) < 4.78 is 12.5. The number of fused-ring (bicyclic) bond motifs is 4. The second kappa shape index (κ2) is 7.77. The van der Waals surface area contributed by atoms with Crippen LogP contribution in [0.15, 0.2) is 23.3 Å². The summed E-state index contributed by atoms with van der Waals surface area (Å²) in [7, 11) is 0. The van der Waals surface area contributed by atoms with Crippen molar-refractivity contribution in [2.45, 2.75) is 97.4 Å². The molecule has 6 rings (SSSR count). The molecule has 0 unspecified atom stereocenters. The van der Waals surface area contributed by atoms with Gasteiger partial charge in [-0.25, -0.2) is 4.79 Å². The van der Waals surface area contributed by atoms with Crippen LogP contribution in [0.3, 0.4) is 0 Å². The molecular formula is C30H42O5. The molecule has 0 radical (unpaired) electrons. The summed E-state index contributed by atoms with van der Waals surface area (Å²) in [4.78, 5) is 26.0. The molecule has 0 aromatic heterocycles. The van der Waals surface area contributed by atoms with E-state index in [-0.39, 0.29) is 41.7 Å². The SMILES string of the molecule is CC[C@H]1C=CC(=O)[C@]2(C)[C@H]3CC[C@]4(C)[C@@H]([C@H](C)[C@H]5CC(C)=C(CO)C(=O)O5)CC[C@H]4[C@@H]3C[C@H]3O[C@]132. The lowest BCUT2D eigenvalue weighted by Crippen LogP contribution is -2.62. The van der Waals surface area contributed by atoms with Crippen molar-refractivity contribution in [3.63, 3.8) is 0 Å². The molecule has 3 saturated carbocycles. The zero-order valence-corrected chi connectivity index (χ0v) is 22.0. The van der Waals surface area contributed by atoms with Gasteiger partial charge in [0.05, 0.1) is 23.7 Å². The Bertz CT molecular complexity index is 1010. The molecule has 2 heterocycles. The first kappa shape index (κ1) is 23.9. The van der Waals surface area contributed by atoms with E-state index < -0.39 is 5.41 Å². The van der Waals surface area contributed by atoms with Crippen molar-refractivity contribution in [2.75, 3.05) is 6.61 Å². The summed E-state index contributed by atoms with van der Waals surface area (Å²) in [6.45, 7) is 11.0. The van der Waals surface area contributed by atoms with E-state index in [4.69, 9.17) is 9.47 Å². The zero-order chi connectivity index (χ0) is 24.9. The smallest absolute Gasteiger partial charge is 0.336 e. The number of esters is 1. The van der Waals surface area contributed by atoms with Crippen LogP contribution in [0.2, 0.25) is 0 Å². The number of aliphatic hydroxyl groups excluding tert-OH is 1. The standard InChI is InChI=1S/C30H42O5/c1-6-18-7-10-25(32)29(5)23-11-12-28(4)21(8-9-22(28)19(23)14-26-30(18,29)35-26)17(3)24-13-16(2)20(15-31)27(33)34-24/h7,10,17-19,21-24,26,31H,6,8-9,11-15H2,1-5H3/t17-,18-,19-,21+,22-,23-,24+,26+,28+,29-,30+/m0/s1. The van der Waals surface area contributed by atoms with Crippen LogP contribution in [0.4, 0.5) is 0 Å². The van der Waals surface area contributed by atoms with Gasteiger partial charge in [0.2, 0.25) is 0 Å². The van der Waals surface area contributed by atoms with E-state index in [0.717, 1.165) is 44.1 Å². The number of ether oxygens (including phenoxy) is 2. The summed E-state index contributed by atoms with van der Waals surface area (Å²) in [6.07, 6.45) is 11.5. The molecule has 1 spiro atoms. The third-order valence-corrected chi connectivity index (χ3v) is 12.2. The Morgan fingerprint density at radius 2 is 1.94 bits per heavy atom. The minimum atomic E-state index is -0.400. The van der Waals surface area contributed by atoms with Crippen molar-refractivity contribution in [1.29, 1.82) is 0 Å². The van der Waals surface area contributed by atoms with Gasteiger partial charge < -0.3 is 14.6 Å². The Morgan fingerprint density at radius 3 is 2.63 bits per heavy atom. The molecule has 0 amide bonds. The van der Waals surface area contributed by atoms with Crippen LogP contribution in [0.1, 0.15) is 79.6 Å². The first-order chi connectivity index (χ1) is 16.6. The second-order valence-corrected chi connectivity index (χ2v) is 13.1. The Hall–Kier alpha value is -1.46. The third-order valence-electron chi connectivity index (χ3n) is 12.2. The predicted molar refractivity (Wildman–Crippen MR) is 132 cm³/mol. The number of hydrogen-bond acceptors (Lipinski definition) is 5. The molecule has 0 aromatic rings. The summed E-state index contributed by atoms with van der Waals surface area (Å²) in [5.41, 5.74) is 0.941. The second-order valence-electron chi connectivity index (χ2n) is 13.1. The fraction of sp³-hybridized carbons (Fsp3) is 0.800. The highest BCUT2D eigenvalue weighted by Crippen LogP contribution is 2.74. The van der Waals surface area contributed by atoms with Crippen LogP contribution in [0, 0.1) is 46.3 Å². The fourth-order valence-corrected chi connectivity index (χ4v) is 10.3. The number of carbonyl (C=O) groups excluding carboxylic acids is 2. The predicted octanol–water partition coefficient (Wildman–Crippen LogP) is 5.02. The van der Waals surface area contributed by atoms with Crippen molar-refractivity contribution >= 4 is 11.8 Å². The van der Waals surface area contributed by atoms with Crippen molar-refractivity contribution in [3.8, 4) is 0 Å². The van der Waals surface area contributed by atoms with Gasteiger partial charge in [0.15, 0.2) is 5.78 Å². The largest absolute Gasteiger partial charge is 0.458 e. The van der Waals surface area contributed by atoms with Gasteiger partial charge in [-0.2, -0.15) is 0 Å². The molecule has 35 heavy (non-hydrogen) atoms. The summed E-state index contributed by atoms with van der Waals surface area (Å²) in [6, 6.07) is 0. The fourth-order valence-electron chi connectivity index (χ4n) is 10.3. The average Bonchev–Trinajstić information content (AvgIpc) is 3.44. The molecule has 1 saturated heterocycles. The van der Waals surface area contributed by atoms with Crippen LogP contribution in [-0.2, 0) is 19.1 Å². The van der Waals surface area contributed by atoms with Gasteiger partial charge in [-0.15, -0.1) is 0 Å². The topological polar surface area (TPSA) is 76.1 Å². The number of hydrogen-bond donors (Lipinski definition) is 1. The average molecular weight is 483 g/mol. The quantitative estimate of drug-likeness (QED) is 0.450.